The van der Waals surface area contributed by atoms with Crippen LogP contribution in [0.5, 0.6) is 0 Å². The lowest BCUT2D eigenvalue weighted by Crippen LogP contribution is -2.14. The van der Waals surface area contributed by atoms with Crippen LogP contribution in [0.25, 0.3) is 22.3 Å². The molecule has 1 heterocycles. The molecule has 0 aliphatic carbocycles. The summed E-state index contributed by atoms with van der Waals surface area (Å²) in [7, 11) is 1.34. The van der Waals surface area contributed by atoms with E-state index in [0.29, 0.717) is 16.1 Å². The molecule has 4 rings (SSSR count). The molecule has 1 aromatic heterocycles. The van der Waals surface area contributed by atoms with Crippen LogP contribution in [0.4, 0.5) is 5.00 Å². The van der Waals surface area contributed by atoms with Gasteiger partial charge in [0.15, 0.2) is 0 Å². The largest absolute Gasteiger partial charge is 0.465 e. The van der Waals surface area contributed by atoms with Gasteiger partial charge in [-0.1, -0.05) is 70.5 Å². The second-order valence-corrected chi connectivity index (χ2v) is 9.27. The quantitative estimate of drug-likeness (QED) is 0.292. The predicted molar refractivity (Wildman–Crippen MR) is 133 cm³/mol. The van der Waals surface area contributed by atoms with Crippen molar-refractivity contribution in [3.63, 3.8) is 0 Å². The minimum atomic E-state index is -0.484. The number of amides is 1. The molecule has 0 radical (unpaired) electrons. The third-order valence-electron chi connectivity index (χ3n) is 5.09. The molecule has 1 N–H and O–H groups in total. The summed E-state index contributed by atoms with van der Waals surface area (Å²) >= 11 is 4.80. The normalized spacial score (nSPS) is 10.6. The predicted octanol–water partition coefficient (Wildman–Crippen LogP) is 7.19. The van der Waals surface area contributed by atoms with Crippen LogP contribution in [0.2, 0.25) is 0 Å². The van der Waals surface area contributed by atoms with Crippen molar-refractivity contribution in [2.24, 2.45) is 0 Å². The lowest BCUT2D eigenvalue weighted by atomic mass is 10.0. The Bertz CT molecular complexity index is 1260. The van der Waals surface area contributed by atoms with Gasteiger partial charge >= 0.3 is 5.97 Å². The van der Waals surface area contributed by atoms with E-state index in [9.17, 15) is 9.59 Å². The van der Waals surface area contributed by atoms with Crippen molar-refractivity contribution >= 4 is 44.1 Å². The molecule has 0 aliphatic rings. The number of anilines is 1. The number of hydrogen-bond donors (Lipinski definition) is 1. The number of rotatable bonds is 5. The maximum Gasteiger partial charge on any atom is 0.341 e. The van der Waals surface area contributed by atoms with Gasteiger partial charge in [-0.3, -0.25) is 4.79 Å². The summed E-state index contributed by atoms with van der Waals surface area (Å²) in [6.45, 7) is 1.93. The Morgan fingerprint density at radius 3 is 2.06 bits per heavy atom. The number of ether oxygens (including phenoxy) is 1. The van der Waals surface area contributed by atoms with Crippen molar-refractivity contribution in [1.82, 2.24) is 0 Å². The third kappa shape index (κ3) is 4.52. The van der Waals surface area contributed by atoms with E-state index in [0.717, 1.165) is 31.6 Å². The number of methoxy groups -OCH3 is 1. The zero-order valence-electron chi connectivity index (χ0n) is 17.5. The van der Waals surface area contributed by atoms with Gasteiger partial charge in [-0.25, -0.2) is 4.79 Å². The van der Waals surface area contributed by atoms with Gasteiger partial charge in [-0.15, -0.1) is 11.3 Å². The maximum absolute atomic E-state index is 13.0. The van der Waals surface area contributed by atoms with E-state index in [1.165, 1.54) is 18.4 Å². The fourth-order valence-electron chi connectivity index (χ4n) is 3.51. The van der Waals surface area contributed by atoms with Crippen LogP contribution in [0.1, 0.15) is 25.6 Å². The van der Waals surface area contributed by atoms with Crippen LogP contribution >= 0.6 is 27.3 Å². The average molecular weight is 506 g/mol. The number of hydrogen-bond acceptors (Lipinski definition) is 4. The van der Waals surface area contributed by atoms with Gasteiger partial charge in [0, 0.05) is 20.5 Å². The monoisotopic (exact) mass is 505 g/mol. The molecule has 160 valence electrons. The van der Waals surface area contributed by atoms with Crippen molar-refractivity contribution in [2.45, 2.75) is 6.92 Å². The fraction of sp³-hybridized carbons (Fsp3) is 0.0769. The molecule has 4 aromatic rings. The number of carbonyl (C=O) groups is 2. The first kappa shape index (κ1) is 22.0. The zero-order chi connectivity index (χ0) is 22.7. The highest BCUT2D eigenvalue weighted by Crippen LogP contribution is 2.40. The van der Waals surface area contributed by atoms with Gasteiger partial charge in [0.1, 0.15) is 10.6 Å². The van der Waals surface area contributed by atoms with Crippen molar-refractivity contribution in [3.05, 3.63) is 99.3 Å². The minimum absolute atomic E-state index is 0.279. The Morgan fingerprint density at radius 2 is 1.44 bits per heavy atom. The molecule has 0 fully saturated rings. The molecular weight excluding hydrogens is 486 g/mol. The summed E-state index contributed by atoms with van der Waals surface area (Å²) < 4.78 is 5.98. The Balaban J connectivity index is 1.65. The number of carbonyl (C=O) groups excluding carboxylic acids is 2. The summed E-state index contributed by atoms with van der Waals surface area (Å²) in [5, 5.41) is 3.39. The molecule has 0 saturated carbocycles. The molecule has 0 saturated heterocycles. The molecule has 0 spiro atoms. The first-order valence-electron chi connectivity index (χ1n) is 9.92. The van der Waals surface area contributed by atoms with Crippen LogP contribution in [-0.2, 0) is 4.74 Å². The summed E-state index contributed by atoms with van der Waals surface area (Å²) in [5.74, 6) is -0.764. The summed E-state index contributed by atoms with van der Waals surface area (Å²) in [5.41, 5.74) is 4.64. The van der Waals surface area contributed by atoms with Crippen molar-refractivity contribution in [1.29, 1.82) is 0 Å². The van der Waals surface area contributed by atoms with E-state index in [1.807, 2.05) is 73.7 Å². The molecule has 32 heavy (non-hydrogen) atoms. The van der Waals surface area contributed by atoms with Crippen molar-refractivity contribution in [3.8, 4) is 22.3 Å². The molecule has 6 heteroatoms. The minimum Gasteiger partial charge on any atom is -0.465 e. The van der Waals surface area contributed by atoms with Crippen LogP contribution in [0.15, 0.2) is 83.3 Å². The molecule has 4 nitrogen and oxygen atoms in total. The Morgan fingerprint density at radius 1 is 0.844 bits per heavy atom. The highest BCUT2D eigenvalue weighted by Gasteiger charge is 2.25. The van der Waals surface area contributed by atoms with Crippen LogP contribution in [0, 0.1) is 6.92 Å². The smallest absolute Gasteiger partial charge is 0.341 e. The Labute approximate surface area is 199 Å². The maximum atomic E-state index is 13.0. The molecule has 1 amide bonds. The second-order valence-electron chi connectivity index (χ2n) is 7.13. The molecule has 0 unspecified atom stereocenters. The topological polar surface area (TPSA) is 55.4 Å². The average Bonchev–Trinajstić information content (AvgIpc) is 3.15. The van der Waals surface area contributed by atoms with Crippen LogP contribution < -0.4 is 5.32 Å². The summed E-state index contributed by atoms with van der Waals surface area (Å²) in [6, 6.07) is 25.1. The van der Waals surface area contributed by atoms with Gasteiger partial charge in [-0.05, 0) is 47.9 Å². The van der Waals surface area contributed by atoms with E-state index >= 15 is 0 Å². The van der Waals surface area contributed by atoms with E-state index in [1.54, 1.807) is 12.1 Å². The van der Waals surface area contributed by atoms with Gasteiger partial charge in [0.2, 0.25) is 0 Å². The number of benzene rings is 3. The van der Waals surface area contributed by atoms with Crippen LogP contribution in [0.3, 0.4) is 0 Å². The van der Waals surface area contributed by atoms with Gasteiger partial charge < -0.3 is 10.1 Å². The van der Waals surface area contributed by atoms with Crippen LogP contribution in [-0.4, -0.2) is 19.0 Å². The van der Waals surface area contributed by atoms with E-state index < -0.39 is 5.97 Å². The van der Waals surface area contributed by atoms with Crippen molar-refractivity contribution in [2.75, 3.05) is 12.4 Å². The number of halogens is 1. The summed E-state index contributed by atoms with van der Waals surface area (Å²) in [6.07, 6.45) is 0. The van der Waals surface area contributed by atoms with E-state index in [-0.39, 0.29) is 5.91 Å². The SMILES string of the molecule is COC(=O)c1c(NC(=O)c2ccc(-c3ccccc3)cc2)sc(C)c1-c1ccc(Br)cc1. The Kier molecular flexibility index (Phi) is 6.53. The van der Waals surface area contributed by atoms with Crippen molar-refractivity contribution < 1.29 is 14.3 Å². The number of nitrogens with one attached hydrogen (secondary N) is 1. The number of thiophene rings is 1. The number of aryl methyl sites for hydroxylation is 1. The second kappa shape index (κ2) is 9.51. The highest BCUT2D eigenvalue weighted by atomic mass is 79.9. The molecule has 0 bridgehead atoms. The lowest BCUT2D eigenvalue weighted by Gasteiger charge is -2.09. The van der Waals surface area contributed by atoms with Gasteiger partial charge in [0.25, 0.3) is 5.91 Å². The highest BCUT2D eigenvalue weighted by molar-refractivity contribution is 9.10. The number of esters is 1. The molecule has 0 atom stereocenters. The molecule has 3 aromatic carbocycles. The third-order valence-corrected chi connectivity index (χ3v) is 6.64. The van der Waals surface area contributed by atoms with E-state index in [2.05, 4.69) is 21.2 Å². The van der Waals surface area contributed by atoms with E-state index in [4.69, 9.17) is 4.74 Å². The molecule has 0 aliphatic heterocycles. The lowest BCUT2D eigenvalue weighted by molar-refractivity contribution is 0.0603. The van der Waals surface area contributed by atoms with Gasteiger partial charge in [0.05, 0.1) is 7.11 Å². The Hall–Kier alpha value is -3.22. The van der Waals surface area contributed by atoms with Gasteiger partial charge in [-0.2, -0.15) is 0 Å². The fourth-order valence-corrected chi connectivity index (χ4v) is 4.84. The standard InChI is InChI=1S/C26H20BrNO3S/c1-16-22(19-12-14-21(27)15-13-19)23(26(30)31-2)25(32-16)28-24(29)20-10-8-18(9-11-20)17-6-4-3-5-7-17/h3-15H,1-2H3,(H,28,29). The molecular formula is C26H20BrNO3S. The summed E-state index contributed by atoms with van der Waals surface area (Å²) in [4.78, 5) is 26.5. The first-order chi connectivity index (χ1) is 15.5. The zero-order valence-corrected chi connectivity index (χ0v) is 19.9. The first-order valence-corrected chi connectivity index (χ1v) is 11.5.